The summed E-state index contributed by atoms with van der Waals surface area (Å²) in [7, 11) is -3.45. The van der Waals surface area contributed by atoms with E-state index in [1.807, 2.05) is 38.1 Å². The third kappa shape index (κ3) is 3.46. The number of nitrogens with one attached hydrogen (secondary N) is 1. The van der Waals surface area contributed by atoms with Gasteiger partial charge in [0, 0.05) is 22.8 Å². The van der Waals surface area contributed by atoms with Gasteiger partial charge in [0.25, 0.3) is 0 Å². The number of thiophene rings is 1. The van der Waals surface area contributed by atoms with E-state index < -0.39 is 10.0 Å². The Kier molecular flexibility index (Phi) is 4.59. The van der Waals surface area contributed by atoms with Crippen LogP contribution in [0.3, 0.4) is 0 Å². The van der Waals surface area contributed by atoms with Crippen molar-refractivity contribution >= 4 is 21.4 Å². The van der Waals surface area contributed by atoms with Crippen LogP contribution in [0.25, 0.3) is 0 Å². The van der Waals surface area contributed by atoms with Crippen molar-refractivity contribution in [2.24, 2.45) is 5.73 Å². The molecule has 2 rings (SSSR count). The molecular formula is C14H18N2O2S2. The molecule has 2 aromatic rings. The Morgan fingerprint density at radius 3 is 2.25 bits per heavy atom. The highest BCUT2D eigenvalue weighted by atomic mass is 32.2. The van der Waals surface area contributed by atoms with Crippen LogP contribution in [0, 0.1) is 13.8 Å². The maximum atomic E-state index is 12.2. The predicted octanol–water partition coefficient (Wildman–Crippen LogP) is 2.30. The lowest BCUT2D eigenvalue weighted by molar-refractivity contribution is 0.581. The fourth-order valence-electron chi connectivity index (χ4n) is 1.92. The Morgan fingerprint density at radius 1 is 1.15 bits per heavy atom. The third-order valence-corrected chi connectivity index (χ3v) is 5.63. The van der Waals surface area contributed by atoms with Crippen molar-refractivity contribution in [3.63, 3.8) is 0 Å². The minimum atomic E-state index is -3.45. The monoisotopic (exact) mass is 310 g/mol. The highest BCUT2D eigenvalue weighted by molar-refractivity contribution is 7.89. The second-order valence-corrected chi connectivity index (χ2v) is 7.82. The molecule has 3 N–H and O–H groups in total. The molecule has 1 aromatic carbocycles. The van der Waals surface area contributed by atoms with E-state index in [9.17, 15) is 8.42 Å². The SMILES string of the molecule is Cc1cc(S(=O)(=O)NCc2ccc(CN)cc2)c(C)s1. The highest BCUT2D eigenvalue weighted by Gasteiger charge is 2.18. The molecule has 0 spiro atoms. The van der Waals surface area contributed by atoms with Crippen LogP contribution in [-0.4, -0.2) is 8.42 Å². The molecule has 0 aliphatic rings. The summed E-state index contributed by atoms with van der Waals surface area (Å²) in [6.07, 6.45) is 0. The molecule has 6 heteroatoms. The van der Waals surface area contributed by atoms with Crippen molar-refractivity contribution < 1.29 is 8.42 Å². The first-order valence-electron chi connectivity index (χ1n) is 6.27. The van der Waals surface area contributed by atoms with Gasteiger partial charge in [-0.1, -0.05) is 24.3 Å². The molecule has 0 fully saturated rings. The summed E-state index contributed by atoms with van der Waals surface area (Å²) in [4.78, 5) is 2.18. The second kappa shape index (κ2) is 6.05. The molecule has 0 unspecified atom stereocenters. The van der Waals surface area contributed by atoms with Crippen LogP contribution in [-0.2, 0) is 23.1 Å². The lowest BCUT2D eigenvalue weighted by Gasteiger charge is -2.07. The number of nitrogens with two attached hydrogens (primary N) is 1. The van der Waals surface area contributed by atoms with Crippen molar-refractivity contribution in [3.05, 3.63) is 51.2 Å². The zero-order chi connectivity index (χ0) is 14.8. The van der Waals surface area contributed by atoms with E-state index in [2.05, 4.69) is 4.72 Å². The Morgan fingerprint density at radius 2 is 1.75 bits per heavy atom. The summed E-state index contributed by atoms with van der Waals surface area (Å²) in [5, 5.41) is 0. The van der Waals surface area contributed by atoms with Crippen molar-refractivity contribution in [3.8, 4) is 0 Å². The first-order valence-corrected chi connectivity index (χ1v) is 8.57. The van der Waals surface area contributed by atoms with Crippen LogP contribution in [0.2, 0.25) is 0 Å². The van der Waals surface area contributed by atoms with Gasteiger partial charge in [0.15, 0.2) is 0 Å². The summed E-state index contributed by atoms with van der Waals surface area (Å²) in [6.45, 7) is 4.49. The van der Waals surface area contributed by atoms with E-state index in [0.29, 0.717) is 11.4 Å². The molecule has 4 nitrogen and oxygen atoms in total. The van der Waals surface area contributed by atoms with Gasteiger partial charge in [0.1, 0.15) is 0 Å². The maximum absolute atomic E-state index is 12.2. The molecule has 1 aromatic heterocycles. The summed E-state index contributed by atoms with van der Waals surface area (Å²) in [5.41, 5.74) is 7.47. The molecule has 0 saturated heterocycles. The largest absolute Gasteiger partial charge is 0.326 e. The first kappa shape index (κ1) is 15.2. The topological polar surface area (TPSA) is 72.2 Å². The summed E-state index contributed by atoms with van der Waals surface area (Å²) in [6, 6.07) is 9.29. The van der Waals surface area contributed by atoms with Crippen molar-refractivity contribution in [2.75, 3.05) is 0 Å². The molecule has 0 bridgehead atoms. The third-order valence-electron chi connectivity index (χ3n) is 3.01. The summed E-state index contributed by atoms with van der Waals surface area (Å²) >= 11 is 1.49. The minimum Gasteiger partial charge on any atom is -0.326 e. The smallest absolute Gasteiger partial charge is 0.241 e. The number of benzene rings is 1. The lowest BCUT2D eigenvalue weighted by atomic mass is 10.1. The fourth-order valence-corrected chi connectivity index (χ4v) is 4.49. The lowest BCUT2D eigenvalue weighted by Crippen LogP contribution is -2.23. The quantitative estimate of drug-likeness (QED) is 0.890. The van der Waals surface area contributed by atoms with E-state index in [1.165, 1.54) is 11.3 Å². The molecular weight excluding hydrogens is 292 g/mol. The van der Waals surface area contributed by atoms with Crippen LogP contribution in [0.1, 0.15) is 20.9 Å². The zero-order valence-corrected chi connectivity index (χ0v) is 13.1. The van der Waals surface area contributed by atoms with Gasteiger partial charge in [0.05, 0.1) is 4.90 Å². The van der Waals surface area contributed by atoms with E-state index in [1.54, 1.807) is 6.07 Å². The van der Waals surface area contributed by atoms with Crippen molar-refractivity contribution in [1.82, 2.24) is 4.72 Å². The number of aryl methyl sites for hydroxylation is 2. The van der Waals surface area contributed by atoms with Crippen molar-refractivity contribution in [2.45, 2.75) is 31.8 Å². The van der Waals surface area contributed by atoms with E-state index >= 15 is 0 Å². The number of sulfonamides is 1. The van der Waals surface area contributed by atoms with Crippen LogP contribution < -0.4 is 10.5 Å². The van der Waals surface area contributed by atoms with E-state index in [4.69, 9.17) is 5.73 Å². The van der Waals surface area contributed by atoms with Crippen LogP contribution in [0.4, 0.5) is 0 Å². The molecule has 1 heterocycles. The predicted molar refractivity (Wildman–Crippen MR) is 82.2 cm³/mol. The van der Waals surface area contributed by atoms with Gasteiger partial charge in [-0.3, -0.25) is 0 Å². The fraction of sp³-hybridized carbons (Fsp3) is 0.286. The standard InChI is InChI=1S/C14H18N2O2S2/c1-10-7-14(11(2)19-10)20(17,18)16-9-13-5-3-12(8-15)4-6-13/h3-7,16H,8-9,15H2,1-2H3. The molecule has 0 aliphatic heterocycles. The van der Waals surface area contributed by atoms with E-state index in [0.717, 1.165) is 20.9 Å². The van der Waals surface area contributed by atoms with Gasteiger partial charge in [-0.05, 0) is 31.0 Å². The number of rotatable bonds is 5. The molecule has 0 atom stereocenters. The van der Waals surface area contributed by atoms with Gasteiger partial charge < -0.3 is 5.73 Å². The first-order chi connectivity index (χ1) is 9.42. The van der Waals surface area contributed by atoms with Crippen molar-refractivity contribution in [1.29, 1.82) is 0 Å². The summed E-state index contributed by atoms with van der Waals surface area (Å²) < 4.78 is 27.1. The van der Waals surface area contributed by atoms with Gasteiger partial charge in [-0.15, -0.1) is 11.3 Å². The van der Waals surface area contributed by atoms with Gasteiger partial charge in [-0.2, -0.15) is 0 Å². The zero-order valence-electron chi connectivity index (χ0n) is 11.5. The average molecular weight is 310 g/mol. The molecule has 0 saturated carbocycles. The highest BCUT2D eigenvalue weighted by Crippen LogP contribution is 2.24. The number of hydrogen-bond donors (Lipinski definition) is 2. The maximum Gasteiger partial charge on any atom is 0.241 e. The van der Waals surface area contributed by atoms with E-state index in [-0.39, 0.29) is 6.54 Å². The molecule has 0 amide bonds. The van der Waals surface area contributed by atoms with Gasteiger partial charge in [0.2, 0.25) is 10.0 Å². The Hall–Kier alpha value is -1.21. The summed E-state index contributed by atoms with van der Waals surface area (Å²) in [5.74, 6) is 0. The molecule has 0 aliphatic carbocycles. The second-order valence-electron chi connectivity index (χ2n) is 4.62. The minimum absolute atomic E-state index is 0.279. The molecule has 0 radical (unpaired) electrons. The number of hydrogen-bond acceptors (Lipinski definition) is 4. The normalized spacial score (nSPS) is 11.8. The van der Waals surface area contributed by atoms with Gasteiger partial charge in [-0.25, -0.2) is 13.1 Å². The molecule has 20 heavy (non-hydrogen) atoms. The van der Waals surface area contributed by atoms with Gasteiger partial charge >= 0.3 is 0 Å². The Bertz CT molecular complexity index is 688. The average Bonchev–Trinajstić information content (AvgIpc) is 2.77. The molecule has 108 valence electrons. The Labute approximate surface area is 123 Å². The van der Waals surface area contributed by atoms with Crippen LogP contribution >= 0.6 is 11.3 Å². The Balaban J connectivity index is 2.11. The van der Waals surface area contributed by atoms with Crippen LogP contribution in [0.15, 0.2) is 35.2 Å². The van der Waals surface area contributed by atoms with Crippen LogP contribution in [0.5, 0.6) is 0 Å².